The van der Waals surface area contributed by atoms with Gasteiger partial charge in [-0.15, -0.1) is 0 Å². The van der Waals surface area contributed by atoms with E-state index in [9.17, 15) is 4.39 Å². The molecule has 0 aromatic heterocycles. The fraction of sp³-hybridized carbons (Fsp3) is 0.571. The highest BCUT2D eigenvalue weighted by Gasteiger charge is 2.15. The van der Waals surface area contributed by atoms with Crippen molar-refractivity contribution in [1.82, 2.24) is 4.90 Å². The van der Waals surface area contributed by atoms with Gasteiger partial charge in [-0.2, -0.15) is 0 Å². The van der Waals surface area contributed by atoms with Gasteiger partial charge in [0.05, 0.1) is 0 Å². The van der Waals surface area contributed by atoms with E-state index in [-0.39, 0.29) is 5.82 Å². The molecule has 1 saturated heterocycles. The van der Waals surface area contributed by atoms with Crippen molar-refractivity contribution in [3.8, 4) is 0 Å². The Hall–Kier alpha value is -1.09. The van der Waals surface area contributed by atoms with Crippen LogP contribution < -0.4 is 5.32 Å². The van der Waals surface area contributed by atoms with Gasteiger partial charge in [-0.3, -0.25) is 0 Å². The number of halogens is 1. The topological polar surface area (TPSA) is 15.3 Å². The molecule has 1 fully saturated rings. The molecule has 0 unspecified atom stereocenters. The van der Waals surface area contributed by atoms with E-state index < -0.39 is 0 Å². The summed E-state index contributed by atoms with van der Waals surface area (Å²) < 4.78 is 12.7. The Kier molecular flexibility index (Phi) is 5.98. The Morgan fingerprint density at radius 2 is 1.65 bits per heavy atom. The second-order valence-corrected chi connectivity index (χ2v) is 4.23. The third-order valence-electron chi connectivity index (χ3n) is 2.93. The van der Waals surface area contributed by atoms with E-state index in [0.717, 1.165) is 31.6 Å². The maximum atomic E-state index is 12.7. The van der Waals surface area contributed by atoms with Crippen molar-refractivity contribution in [3.05, 3.63) is 30.1 Å². The van der Waals surface area contributed by atoms with Crippen LogP contribution in [-0.2, 0) is 0 Å². The SMILES string of the molecule is CC.CN1CCC(Nc2ccc(F)cc2)CC1. The summed E-state index contributed by atoms with van der Waals surface area (Å²) >= 11 is 0. The molecule has 0 spiro atoms. The van der Waals surface area contributed by atoms with Crippen LogP contribution >= 0.6 is 0 Å². The number of nitrogens with zero attached hydrogens (tertiary/aromatic N) is 1. The predicted octanol–water partition coefficient (Wildman–Crippen LogP) is 3.36. The molecular weight excluding hydrogens is 215 g/mol. The average Bonchev–Trinajstić information content (AvgIpc) is 2.37. The Bertz CT molecular complexity index is 303. The molecule has 1 N–H and O–H groups in total. The fourth-order valence-corrected chi connectivity index (χ4v) is 1.93. The lowest BCUT2D eigenvalue weighted by atomic mass is 10.1. The average molecular weight is 238 g/mol. The minimum atomic E-state index is -0.177. The second kappa shape index (κ2) is 7.28. The van der Waals surface area contributed by atoms with E-state index in [2.05, 4.69) is 17.3 Å². The lowest BCUT2D eigenvalue weighted by Crippen LogP contribution is -2.36. The van der Waals surface area contributed by atoms with E-state index in [1.807, 2.05) is 13.8 Å². The van der Waals surface area contributed by atoms with E-state index in [0.29, 0.717) is 6.04 Å². The molecule has 0 amide bonds. The van der Waals surface area contributed by atoms with E-state index >= 15 is 0 Å². The van der Waals surface area contributed by atoms with Crippen LogP contribution in [0.3, 0.4) is 0 Å². The summed E-state index contributed by atoms with van der Waals surface area (Å²) in [6.45, 7) is 6.28. The van der Waals surface area contributed by atoms with Crippen LogP contribution in [0.4, 0.5) is 10.1 Å². The number of likely N-dealkylation sites (tertiary alicyclic amines) is 1. The lowest BCUT2D eigenvalue weighted by Gasteiger charge is -2.30. The fourth-order valence-electron chi connectivity index (χ4n) is 1.93. The zero-order chi connectivity index (χ0) is 12.7. The van der Waals surface area contributed by atoms with Gasteiger partial charge >= 0.3 is 0 Å². The molecule has 1 heterocycles. The summed E-state index contributed by atoms with van der Waals surface area (Å²) in [6, 6.07) is 7.13. The Morgan fingerprint density at radius 3 is 2.18 bits per heavy atom. The van der Waals surface area contributed by atoms with Crippen LogP contribution in [-0.4, -0.2) is 31.1 Å². The van der Waals surface area contributed by atoms with Crippen molar-refractivity contribution in [2.75, 3.05) is 25.5 Å². The first kappa shape index (κ1) is 14.0. The van der Waals surface area contributed by atoms with Crippen molar-refractivity contribution in [2.45, 2.75) is 32.7 Å². The third kappa shape index (κ3) is 4.73. The van der Waals surface area contributed by atoms with Crippen molar-refractivity contribution in [1.29, 1.82) is 0 Å². The second-order valence-electron chi connectivity index (χ2n) is 4.23. The molecule has 2 rings (SSSR count). The first-order valence-corrected chi connectivity index (χ1v) is 6.45. The summed E-state index contributed by atoms with van der Waals surface area (Å²) in [7, 11) is 2.15. The van der Waals surface area contributed by atoms with Crippen LogP contribution in [0.2, 0.25) is 0 Å². The van der Waals surface area contributed by atoms with Crippen LogP contribution in [0.5, 0.6) is 0 Å². The van der Waals surface area contributed by atoms with Gasteiger partial charge in [-0.1, -0.05) is 13.8 Å². The van der Waals surface area contributed by atoms with E-state index in [4.69, 9.17) is 0 Å². The van der Waals surface area contributed by atoms with E-state index in [1.165, 1.54) is 12.1 Å². The summed E-state index contributed by atoms with van der Waals surface area (Å²) in [5, 5.41) is 3.44. The molecule has 17 heavy (non-hydrogen) atoms. The molecular formula is C14H23FN2. The summed E-state index contributed by atoms with van der Waals surface area (Å²) in [4.78, 5) is 2.34. The molecule has 0 bridgehead atoms. The van der Waals surface area contributed by atoms with Gasteiger partial charge in [0.1, 0.15) is 5.82 Å². The molecule has 3 heteroatoms. The molecule has 96 valence electrons. The first-order chi connectivity index (χ1) is 8.24. The molecule has 0 aliphatic carbocycles. The lowest BCUT2D eigenvalue weighted by molar-refractivity contribution is 0.264. The van der Waals surface area contributed by atoms with Gasteiger partial charge in [-0.05, 0) is 57.2 Å². The van der Waals surface area contributed by atoms with Crippen LogP contribution in [0.25, 0.3) is 0 Å². The molecule has 1 aliphatic rings. The highest BCUT2D eigenvalue weighted by Crippen LogP contribution is 2.15. The third-order valence-corrected chi connectivity index (χ3v) is 2.93. The Labute approximate surface area is 104 Å². The number of hydrogen-bond acceptors (Lipinski definition) is 2. The van der Waals surface area contributed by atoms with Gasteiger partial charge in [-0.25, -0.2) is 4.39 Å². The number of nitrogens with one attached hydrogen (secondary N) is 1. The molecule has 1 aromatic rings. The number of benzene rings is 1. The van der Waals surface area contributed by atoms with Crippen molar-refractivity contribution in [3.63, 3.8) is 0 Å². The van der Waals surface area contributed by atoms with Crippen LogP contribution in [0.15, 0.2) is 24.3 Å². The minimum absolute atomic E-state index is 0.177. The smallest absolute Gasteiger partial charge is 0.123 e. The number of piperidine rings is 1. The molecule has 0 atom stereocenters. The monoisotopic (exact) mass is 238 g/mol. The van der Waals surface area contributed by atoms with Crippen molar-refractivity contribution < 1.29 is 4.39 Å². The standard InChI is InChI=1S/C12H17FN2.C2H6/c1-15-8-6-12(7-9-15)14-11-4-2-10(13)3-5-11;1-2/h2-5,12,14H,6-9H2,1H3;1-2H3. The predicted molar refractivity (Wildman–Crippen MR) is 71.9 cm³/mol. The normalized spacial score (nSPS) is 17.2. The highest BCUT2D eigenvalue weighted by molar-refractivity contribution is 5.43. The van der Waals surface area contributed by atoms with E-state index in [1.54, 1.807) is 12.1 Å². The Morgan fingerprint density at radius 1 is 1.12 bits per heavy atom. The number of hydrogen-bond donors (Lipinski definition) is 1. The molecule has 0 radical (unpaired) electrons. The Balaban J connectivity index is 0.000000686. The van der Waals surface area contributed by atoms with Gasteiger partial charge in [0.2, 0.25) is 0 Å². The van der Waals surface area contributed by atoms with Crippen LogP contribution in [0.1, 0.15) is 26.7 Å². The highest BCUT2D eigenvalue weighted by atomic mass is 19.1. The van der Waals surface area contributed by atoms with Crippen LogP contribution in [0, 0.1) is 5.82 Å². The molecule has 0 saturated carbocycles. The quantitative estimate of drug-likeness (QED) is 0.850. The van der Waals surface area contributed by atoms with Crippen molar-refractivity contribution >= 4 is 5.69 Å². The molecule has 1 aliphatic heterocycles. The largest absolute Gasteiger partial charge is 0.382 e. The maximum Gasteiger partial charge on any atom is 0.123 e. The molecule has 2 nitrogen and oxygen atoms in total. The van der Waals surface area contributed by atoms with Gasteiger partial charge in [0, 0.05) is 11.7 Å². The van der Waals surface area contributed by atoms with Gasteiger partial charge < -0.3 is 10.2 Å². The summed E-state index contributed by atoms with van der Waals surface area (Å²) in [5.74, 6) is -0.177. The van der Waals surface area contributed by atoms with Gasteiger partial charge in [0.25, 0.3) is 0 Å². The van der Waals surface area contributed by atoms with Crippen molar-refractivity contribution in [2.24, 2.45) is 0 Å². The zero-order valence-corrected chi connectivity index (χ0v) is 11.0. The summed E-state index contributed by atoms with van der Waals surface area (Å²) in [5.41, 5.74) is 1.02. The minimum Gasteiger partial charge on any atom is -0.382 e. The number of rotatable bonds is 2. The van der Waals surface area contributed by atoms with Gasteiger partial charge in [0.15, 0.2) is 0 Å². The molecule has 1 aromatic carbocycles. The maximum absolute atomic E-state index is 12.7. The first-order valence-electron chi connectivity index (χ1n) is 6.45. The number of anilines is 1. The summed E-state index contributed by atoms with van der Waals surface area (Å²) in [6.07, 6.45) is 2.32. The zero-order valence-electron chi connectivity index (χ0n) is 11.0.